The summed E-state index contributed by atoms with van der Waals surface area (Å²) in [6.45, 7) is 0.168. The van der Waals surface area contributed by atoms with Crippen molar-refractivity contribution in [3.63, 3.8) is 0 Å². The van der Waals surface area contributed by atoms with E-state index >= 15 is 0 Å². The molecule has 0 spiro atoms. The average molecular weight is 371 g/mol. The summed E-state index contributed by atoms with van der Waals surface area (Å²) in [5, 5.41) is 0. The van der Waals surface area contributed by atoms with Gasteiger partial charge in [-0.3, -0.25) is 0 Å². The molecule has 0 N–H and O–H groups in total. The van der Waals surface area contributed by atoms with Crippen LogP contribution in [0.25, 0.3) is 6.08 Å². The fourth-order valence-electron chi connectivity index (χ4n) is 2.85. The molecule has 0 bridgehead atoms. The second-order valence-corrected chi connectivity index (χ2v) is 5.68. The smallest absolute Gasteiger partial charge is 0.419 e. The molecule has 0 aliphatic carbocycles. The molecule has 1 fully saturated rings. The molecule has 1 amide bonds. The summed E-state index contributed by atoms with van der Waals surface area (Å²) in [4.78, 5) is 13.8. The van der Waals surface area contributed by atoms with E-state index in [0.717, 1.165) is 11.3 Å². The number of benzene rings is 2. The predicted molar refractivity (Wildman–Crippen MR) is 101 cm³/mol. The lowest BCUT2D eigenvalue weighted by atomic mass is 10.1. The number of ether oxygens (including phenoxy) is 5. The third kappa shape index (κ3) is 3.62. The first-order valence-electron chi connectivity index (χ1n) is 8.22. The SMILES string of the molecule is COc1ccc(/C=C2/COC(=O)N2c2cc(OC)c(OC)c(OC)c2)cc1. The number of hydrogen-bond donors (Lipinski definition) is 0. The Bertz CT molecular complexity index is 834. The van der Waals surface area contributed by atoms with Gasteiger partial charge in [-0.2, -0.15) is 0 Å². The molecule has 142 valence electrons. The van der Waals surface area contributed by atoms with Crippen LogP contribution in [0.2, 0.25) is 0 Å². The van der Waals surface area contributed by atoms with E-state index in [4.69, 9.17) is 23.7 Å². The Kier molecular flexibility index (Phi) is 5.40. The molecule has 1 aliphatic heterocycles. The van der Waals surface area contributed by atoms with Gasteiger partial charge < -0.3 is 23.7 Å². The molecule has 0 saturated carbocycles. The quantitative estimate of drug-likeness (QED) is 0.771. The molecule has 0 unspecified atom stereocenters. The number of carbonyl (C=O) groups is 1. The van der Waals surface area contributed by atoms with E-state index < -0.39 is 6.09 Å². The van der Waals surface area contributed by atoms with Crippen LogP contribution in [0.5, 0.6) is 23.0 Å². The van der Waals surface area contributed by atoms with Crippen molar-refractivity contribution in [2.45, 2.75) is 0 Å². The lowest BCUT2D eigenvalue weighted by molar-refractivity contribution is 0.182. The van der Waals surface area contributed by atoms with E-state index in [1.807, 2.05) is 30.3 Å². The number of cyclic esters (lactones) is 1. The lowest BCUT2D eigenvalue weighted by Crippen LogP contribution is -2.22. The van der Waals surface area contributed by atoms with Crippen LogP contribution in [0.3, 0.4) is 0 Å². The minimum absolute atomic E-state index is 0.168. The first-order valence-corrected chi connectivity index (χ1v) is 8.22. The maximum absolute atomic E-state index is 12.4. The maximum Gasteiger partial charge on any atom is 0.419 e. The summed E-state index contributed by atoms with van der Waals surface area (Å²) in [6, 6.07) is 10.9. The number of carbonyl (C=O) groups excluding carboxylic acids is 1. The van der Waals surface area contributed by atoms with E-state index in [2.05, 4.69) is 0 Å². The Morgan fingerprint density at radius 1 is 0.926 bits per heavy atom. The van der Waals surface area contributed by atoms with Crippen molar-refractivity contribution >= 4 is 17.9 Å². The second kappa shape index (κ2) is 7.90. The highest BCUT2D eigenvalue weighted by atomic mass is 16.6. The predicted octanol–water partition coefficient (Wildman–Crippen LogP) is 3.72. The molecule has 0 aromatic heterocycles. The maximum atomic E-state index is 12.4. The molecule has 7 nitrogen and oxygen atoms in total. The van der Waals surface area contributed by atoms with Crippen LogP contribution in [-0.2, 0) is 4.74 Å². The Morgan fingerprint density at radius 3 is 2.07 bits per heavy atom. The number of anilines is 1. The molecular weight excluding hydrogens is 350 g/mol. The van der Waals surface area contributed by atoms with Crippen LogP contribution in [0, 0.1) is 0 Å². The molecular formula is C20H21NO6. The third-order valence-corrected chi connectivity index (χ3v) is 4.17. The van der Waals surface area contributed by atoms with Gasteiger partial charge in [0.1, 0.15) is 12.4 Å². The van der Waals surface area contributed by atoms with Gasteiger partial charge in [-0.25, -0.2) is 9.69 Å². The van der Waals surface area contributed by atoms with Crippen LogP contribution >= 0.6 is 0 Å². The first kappa shape index (κ1) is 18.4. The van der Waals surface area contributed by atoms with Crippen molar-refractivity contribution < 1.29 is 28.5 Å². The number of hydrogen-bond acceptors (Lipinski definition) is 6. The lowest BCUT2D eigenvalue weighted by Gasteiger charge is -2.19. The van der Waals surface area contributed by atoms with Crippen molar-refractivity contribution in [3.8, 4) is 23.0 Å². The summed E-state index contributed by atoms with van der Waals surface area (Å²) < 4.78 is 26.5. The molecule has 1 heterocycles. The summed E-state index contributed by atoms with van der Waals surface area (Å²) in [6.07, 6.45) is 1.41. The van der Waals surface area contributed by atoms with Crippen molar-refractivity contribution in [2.75, 3.05) is 39.9 Å². The van der Waals surface area contributed by atoms with Crippen LogP contribution < -0.4 is 23.8 Å². The van der Waals surface area contributed by atoms with E-state index in [1.165, 1.54) is 26.2 Å². The van der Waals surface area contributed by atoms with E-state index in [1.54, 1.807) is 19.2 Å². The normalized spacial score (nSPS) is 14.9. The number of rotatable bonds is 6. The van der Waals surface area contributed by atoms with Gasteiger partial charge >= 0.3 is 6.09 Å². The number of methoxy groups -OCH3 is 4. The van der Waals surface area contributed by atoms with Crippen molar-refractivity contribution in [2.24, 2.45) is 0 Å². The largest absolute Gasteiger partial charge is 0.497 e. The zero-order valence-corrected chi connectivity index (χ0v) is 15.6. The summed E-state index contributed by atoms with van der Waals surface area (Å²) in [5.74, 6) is 2.13. The van der Waals surface area contributed by atoms with E-state index in [0.29, 0.717) is 28.6 Å². The number of nitrogens with zero attached hydrogens (tertiary/aromatic N) is 1. The Hall–Kier alpha value is -3.35. The topological polar surface area (TPSA) is 66.5 Å². The van der Waals surface area contributed by atoms with Gasteiger partial charge in [-0.15, -0.1) is 0 Å². The minimum atomic E-state index is -0.468. The van der Waals surface area contributed by atoms with Gasteiger partial charge in [0.25, 0.3) is 0 Å². The Balaban J connectivity index is 2.02. The highest BCUT2D eigenvalue weighted by Gasteiger charge is 2.31. The Labute approximate surface area is 157 Å². The van der Waals surface area contributed by atoms with Crippen molar-refractivity contribution in [1.82, 2.24) is 0 Å². The van der Waals surface area contributed by atoms with Gasteiger partial charge in [-0.1, -0.05) is 12.1 Å². The minimum Gasteiger partial charge on any atom is -0.497 e. The zero-order chi connectivity index (χ0) is 19.4. The molecule has 1 saturated heterocycles. The first-order chi connectivity index (χ1) is 13.1. The van der Waals surface area contributed by atoms with E-state index in [-0.39, 0.29) is 6.61 Å². The standard InChI is InChI=1S/C20H21NO6/c1-23-16-7-5-13(6-8-16)9-15-12-27-20(22)21(15)14-10-17(24-2)19(26-4)18(11-14)25-3/h5-11H,12H2,1-4H3/b15-9-. The van der Waals surface area contributed by atoms with Gasteiger partial charge in [0, 0.05) is 12.1 Å². The molecule has 2 aromatic carbocycles. The van der Waals surface area contributed by atoms with Gasteiger partial charge in [-0.05, 0) is 23.8 Å². The average Bonchev–Trinajstić information content (AvgIpc) is 3.07. The molecule has 0 radical (unpaired) electrons. The monoisotopic (exact) mass is 371 g/mol. The van der Waals surface area contributed by atoms with Gasteiger partial charge in [0.15, 0.2) is 11.5 Å². The van der Waals surface area contributed by atoms with Crippen molar-refractivity contribution in [3.05, 3.63) is 47.7 Å². The summed E-state index contributed by atoms with van der Waals surface area (Å²) in [5.41, 5.74) is 2.17. The summed E-state index contributed by atoms with van der Waals surface area (Å²) >= 11 is 0. The van der Waals surface area contributed by atoms with Crippen LogP contribution in [-0.4, -0.2) is 41.1 Å². The zero-order valence-electron chi connectivity index (χ0n) is 15.6. The molecule has 7 heteroatoms. The van der Waals surface area contributed by atoms with Crippen LogP contribution in [0.1, 0.15) is 5.56 Å². The molecule has 0 atom stereocenters. The highest BCUT2D eigenvalue weighted by Crippen LogP contribution is 2.42. The van der Waals surface area contributed by atoms with Gasteiger partial charge in [0.2, 0.25) is 5.75 Å². The summed E-state index contributed by atoms with van der Waals surface area (Å²) in [7, 11) is 6.19. The van der Waals surface area contributed by atoms with E-state index in [9.17, 15) is 4.79 Å². The van der Waals surface area contributed by atoms with Crippen LogP contribution in [0.15, 0.2) is 42.1 Å². The fraction of sp³-hybridized carbons (Fsp3) is 0.250. The fourth-order valence-corrected chi connectivity index (χ4v) is 2.85. The molecule has 2 aromatic rings. The molecule has 3 rings (SSSR count). The number of amides is 1. The van der Waals surface area contributed by atoms with Gasteiger partial charge in [0.05, 0.1) is 39.8 Å². The second-order valence-electron chi connectivity index (χ2n) is 5.68. The Morgan fingerprint density at radius 2 is 1.56 bits per heavy atom. The molecule has 1 aliphatic rings. The molecule has 27 heavy (non-hydrogen) atoms. The highest BCUT2D eigenvalue weighted by molar-refractivity contribution is 5.96. The van der Waals surface area contributed by atoms with Crippen molar-refractivity contribution in [1.29, 1.82) is 0 Å². The van der Waals surface area contributed by atoms with Crippen LogP contribution in [0.4, 0.5) is 10.5 Å². The third-order valence-electron chi connectivity index (χ3n) is 4.17.